The Bertz CT molecular complexity index is 903. The molecule has 1 saturated heterocycles. The average molecular weight is 403 g/mol. The highest BCUT2D eigenvalue weighted by Crippen LogP contribution is 2.17. The number of nitrogens with one attached hydrogen (secondary N) is 1. The molecule has 3 rings (SSSR count). The van der Waals surface area contributed by atoms with Crippen LogP contribution in [0.5, 0.6) is 0 Å². The second-order valence-electron chi connectivity index (χ2n) is 7.06. The monoisotopic (exact) mass is 402 g/mol. The predicted octanol–water partition coefficient (Wildman–Crippen LogP) is 1.08. The van der Waals surface area contributed by atoms with Crippen LogP contribution >= 0.6 is 0 Å². The van der Waals surface area contributed by atoms with Gasteiger partial charge in [0.2, 0.25) is 15.9 Å². The van der Waals surface area contributed by atoms with Crippen molar-refractivity contribution in [3.63, 3.8) is 0 Å². The molecule has 2 aromatic carbocycles. The van der Waals surface area contributed by atoms with Crippen LogP contribution in [0.25, 0.3) is 0 Å². The highest BCUT2D eigenvalue weighted by atomic mass is 32.2. The van der Waals surface area contributed by atoms with E-state index >= 15 is 0 Å². The highest BCUT2D eigenvalue weighted by molar-refractivity contribution is 7.89. The fourth-order valence-electron chi connectivity index (χ4n) is 3.18. The lowest BCUT2D eigenvalue weighted by Gasteiger charge is -2.35. The van der Waals surface area contributed by atoms with Crippen LogP contribution in [0, 0.1) is 6.92 Å². The van der Waals surface area contributed by atoms with Crippen LogP contribution in [0.1, 0.15) is 11.1 Å². The minimum atomic E-state index is -3.69. The molecule has 0 spiro atoms. The van der Waals surface area contributed by atoms with Crippen LogP contribution in [0.4, 0.5) is 5.69 Å². The van der Waals surface area contributed by atoms with Gasteiger partial charge in [-0.1, -0.05) is 29.8 Å². The van der Waals surface area contributed by atoms with Crippen LogP contribution in [0.3, 0.4) is 0 Å². The first kappa shape index (κ1) is 20.3. The van der Waals surface area contributed by atoms with E-state index in [1.54, 1.807) is 12.1 Å². The summed E-state index contributed by atoms with van der Waals surface area (Å²) in [7, 11) is -3.69. The van der Waals surface area contributed by atoms with Crippen molar-refractivity contribution in [3.8, 4) is 0 Å². The molecule has 1 amide bonds. The largest absolute Gasteiger partial charge is 0.369 e. The maximum Gasteiger partial charge on any atom is 0.238 e. The first-order chi connectivity index (χ1) is 13.3. The SMILES string of the molecule is Cc1ccc(N2CCN(CC(=O)NCc3ccc(S(N)(=O)=O)cc3)CC2)cc1. The molecule has 0 atom stereocenters. The van der Waals surface area contributed by atoms with E-state index in [0.29, 0.717) is 13.1 Å². The van der Waals surface area contributed by atoms with Crippen molar-refractivity contribution >= 4 is 21.6 Å². The molecule has 150 valence electrons. The molecule has 8 heteroatoms. The zero-order valence-electron chi connectivity index (χ0n) is 16.0. The first-order valence-corrected chi connectivity index (χ1v) is 10.8. The molecule has 1 aliphatic rings. The number of carbonyl (C=O) groups excluding carboxylic acids is 1. The molecule has 2 aromatic rings. The van der Waals surface area contributed by atoms with Gasteiger partial charge in [0.25, 0.3) is 0 Å². The van der Waals surface area contributed by atoms with Crippen LogP contribution in [0.15, 0.2) is 53.4 Å². The molecule has 0 radical (unpaired) electrons. The molecule has 0 bridgehead atoms. The van der Waals surface area contributed by atoms with Crippen LogP contribution < -0.4 is 15.4 Å². The molecular weight excluding hydrogens is 376 g/mol. The number of aryl methyl sites for hydroxylation is 1. The predicted molar refractivity (Wildman–Crippen MR) is 109 cm³/mol. The number of hydrogen-bond donors (Lipinski definition) is 2. The van der Waals surface area contributed by atoms with Gasteiger partial charge in [-0.25, -0.2) is 13.6 Å². The summed E-state index contributed by atoms with van der Waals surface area (Å²) in [6.45, 7) is 6.25. The summed E-state index contributed by atoms with van der Waals surface area (Å²) in [5.74, 6) is -0.0423. The standard InChI is InChI=1S/C20H26N4O3S/c1-16-2-6-18(7-3-16)24-12-10-23(11-13-24)15-20(25)22-14-17-4-8-19(9-5-17)28(21,26)27/h2-9H,10-15H2,1H3,(H,22,25)(H2,21,26,27). The molecule has 28 heavy (non-hydrogen) atoms. The number of benzene rings is 2. The molecule has 0 unspecified atom stereocenters. The van der Waals surface area contributed by atoms with Crippen molar-refractivity contribution in [3.05, 3.63) is 59.7 Å². The smallest absolute Gasteiger partial charge is 0.238 e. The normalized spacial score (nSPS) is 15.4. The van der Waals surface area contributed by atoms with E-state index in [2.05, 4.69) is 46.3 Å². The number of hydrogen-bond acceptors (Lipinski definition) is 5. The van der Waals surface area contributed by atoms with Gasteiger partial charge in [-0.15, -0.1) is 0 Å². The van der Waals surface area contributed by atoms with Crippen molar-refractivity contribution < 1.29 is 13.2 Å². The molecule has 0 aliphatic carbocycles. The number of amides is 1. The maximum absolute atomic E-state index is 12.2. The summed E-state index contributed by atoms with van der Waals surface area (Å²) in [6, 6.07) is 14.7. The van der Waals surface area contributed by atoms with E-state index in [1.807, 2.05) is 0 Å². The summed E-state index contributed by atoms with van der Waals surface area (Å²) in [4.78, 5) is 16.8. The molecule has 0 saturated carbocycles. The molecule has 1 fully saturated rings. The first-order valence-electron chi connectivity index (χ1n) is 9.24. The number of primary sulfonamides is 1. The molecule has 1 heterocycles. The van der Waals surface area contributed by atoms with Crippen LogP contribution in [0.2, 0.25) is 0 Å². The number of carbonyl (C=O) groups is 1. The average Bonchev–Trinajstić information content (AvgIpc) is 2.67. The Balaban J connectivity index is 1.43. The Kier molecular flexibility index (Phi) is 6.33. The van der Waals surface area contributed by atoms with Gasteiger partial charge in [-0.3, -0.25) is 9.69 Å². The van der Waals surface area contributed by atoms with Crippen molar-refractivity contribution in [2.75, 3.05) is 37.6 Å². The molecule has 1 aliphatic heterocycles. The van der Waals surface area contributed by atoms with Gasteiger partial charge < -0.3 is 10.2 Å². The minimum absolute atomic E-state index is 0.0423. The Morgan fingerprint density at radius 3 is 2.18 bits per heavy atom. The number of nitrogens with two attached hydrogens (primary N) is 1. The number of sulfonamides is 1. The third kappa shape index (κ3) is 5.54. The summed E-state index contributed by atoms with van der Waals surface area (Å²) in [5, 5.41) is 7.96. The van der Waals surface area contributed by atoms with E-state index in [9.17, 15) is 13.2 Å². The number of rotatable bonds is 6. The lowest BCUT2D eigenvalue weighted by Crippen LogP contribution is -2.49. The third-order valence-corrected chi connectivity index (χ3v) is 5.81. The van der Waals surface area contributed by atoms with Crippen LogP contribution in [-0.2, 0) is 21.4 Å². The van der Waals surface area contributed by atoms with Gasteiger partial charge in [0.1, 0.15) is 0 Å². The number of nitrogens with zero attached hydrogens (tertiary/aromatic N) is 2. The fourth-order valence-corrected chi connectivity index (χ4v) is 3.69. The summed E-state index contributed by atoms with van der Waals surface area (Å²) < 4.78 is 22.5. The molecule has 3 N–H and O–H groups in total. The Morgan fingerprint density at radius 1 is 1.00 bits per heavy atom. The van der Waals surface area contributed by atoms with Crippen molar-refractivity contribution in [1.82, 2.24) is 10.2 Å². The molecular formula is C20H26N4O3S. The van der Waals surface area contributed by atoms with E-state index in [1.165, 1.54) is 23.4 Å². The van der Waals surface area contributed by atoms with Crippen molar-refractivity contribution in [2.24, 2.45) is 5.14 Å². The summed E-state index contributed by atoms with van der Waals surface area (Å²) in [5.41, 5.74) is 3.29. The fraction of sp³-hybridized carbons (Fsp3) is 0.350. The maximum atomic E-state index is 12.2. The van der Waals surface area contributed by atoms with Gasteiger partial charge in [0.05, 0.1) is 11.4 Å². The molecule has 7 nitrogen and oxygen atoms in total. The zero-order chi connectivity index (χ0) is 20.1. The van der Waals surface area contributed by atoms with Gasteiger partial charge >= 0.3 is 0 Å². The van der Waals surface area contributed by atoms with Crippen LogP contribution in [-0.4, -0.2) is 51.9 Å². The van der Waals surface area contributed by atoms with Gasteiger partial charge in [0.15, 0.2) is 0 Å². The number of anilines is 1. The van der Waals surface area contributed by atoms with E-state index in [-0.39, 0.29) is 10.8 Å². The topological polar surface area (TPSA) is 95.7 Å². The van der Waals surface area contributed by atoms with Crippen molar-refractivity contribution in [2.45, 2.75) is 18.4 Å². The summed E-state index contributed by atoms with van der Waals surface area (Å²) in [6.07, 6.45) is 0. The second-order valence-corrected chi connectivity index (χ2v) is 8.63. The summed E-state index contributed by atoms with van der Waals surface area (Å²) >= 11 is 0. The lowest BCUT2D eigenvalue weighted by atomic mass is 10.2. The third-order valence-electron chi connectivity index (χ3n) is 4.88. The highest BCUT2D eigenvalue weighted by Gasteiger charge is 2.19. The van der Waals surface area contributed by atoms with E-state index < -0.39 is 10.0 Å². The van der Waals surface area contributed by atoms with Gasteiger partial charge in [-0.2, -0.15) is 0 Å². The lowest BCUT2D eigenvalue weighted by molar-refractivity contribution is -0.122. The van der Waals surface area contributed by atoms with Gasteiger partial charge in [0, 0.05) is 38.4 Å². The Hall–Kier alpha value is -2.42. The Labute approximate surface area is 166 Å². The second kappa shape index (κ2) is 8.72. The van der Waals surface area contributed by atoms with E-state index in [4.69, 9.17) is 5.14 Å². The Morgan fingerprint density at radius 2 is 1.61 bits per heavy atom. The zero-order valence-corrected chi connectivity index (χ0v) is 16.8. The number of piperazine rings is 1. The minimum Gasteiger partial charge on any atom is -0.369 e. The quantitative estimate of drug-likeness (QED) is 0.754. The van der Waals surface area contributed by atoms with Gasteiger partial charge in [-0.05, 0) is 36.8 Å². The van der Waals surface area contributed by atoms with Crippen molar-refractivity contribution in [1.29, 1.82) is 0 Å². The molecule has 0 aromatic heterocycles. The van der Waals surface area contributed by atoms with E-state index in [0.717, 1.165) is 31.7 Å².